The zero-order valence-electron chi connectivity index (χ0n) is 25.0. The quantitative estimate of drug-likeness (QED) is 0.0686. The third-order valence-corrected chi connectivity index (χ3v) is 6.65. The maximum atomic E-state index is 12.9. The first-order valence-electron chi connectivity index (χ1n) is 14.2. The molecule has 2 amide bonds. The van der Waals surface area contributed by atoms with Crippen molar-refractivity contribution in [3.05, 3.63) is 112 Å². The number of hydrogen-bond acceptors (Lipinski definition) is 8. The SMILES string of the molecule is CCOc1ccc(C(=O)Nc2cccc(C(=O)NN=Cc3ccc(OC(=O)c4ccc(Br)cc4)c(OCC)c3)c2)cc1OCC. The number of esters is 1. The summed E-state index contributed by atoms with van der Waals surface area (Å²) in [6.07, 6.45) is 1.44. The molecule has 45 heavy (non-hydrogen) atoms. The van der Waals surface area contributed by atoms with Gasteiger partial charge in [0.05, 0.1) is 31.6 Å². The minimum Gasteiger partial charge on any atom is -0.490 e. The number of halogens is 1. The maximum Gasteiger partial charge on any atom is 0.343 e. The van der Waals surface area contributed by atoms with Gasteiger partial charge in [0, 0.05) is 21.3 Å². The molecule has 0 bridgehead atoms. The second-order valence-corrected chi connectivity index (χ2v) is 10.2. The molecule has 4 aromatic rings. The standard InChI is InChI=1S/C34H32BrN3O7/c1-4-42-28-17-13-25(20-31(28)44-6-3)32(39)37-27-9-7-8-24(19-27)33(40)38-36-21-22-10-16-29(30(18-22)43-5-2)45-34(41)23-11-14-26(35)15-12-23/h7-21H,4-6H2,1-3H3,(H,37,39)(H,38,40). The summed E-state index contributed by atoms with van der Waals surface area (Å²) in [4.78, 5) is 38.3. The predicted molar refractivity (Wildman–Crippen MR) is 175 cm³/mol. The summed E-state index contributed by atoms with van der Waals surface area (Å²) in [5.41, 5.74) is 4.57. The molecule has 2 N–H and O–H groups in total. The molecule has 0 heterocycles. The molecule has 10 nitrogen and oxygen atoms in total. The third-order valence-electron chi connectivity index (χ3n) is 6.12. The average Bonchev–Trinajstić information content (AvgIpc) is 3.03. The number of carbonyl (C=O) groups excluding carboxylic acids is 3. The van der Waals surface area contributed by atoms with Crippen LogP contribution in [0.1, 0.15) is 57.4 Å². The summed E-state index contributed by atoms with van der Waals surface area (Å²) in [5.74, 6) is 0.262. The van der Waals surface area contributed by atoms with Crippen LogP contribution in [0.25, 0.3) is 0 Å². The summed E-state index contributed by atoms with van der Waals surface area (Å²) in [6, 6.07) is 23.2. The van der Waals surface area contributed by atoms with Gasteiger partial charge in [0.2, 0.25) is 0 Å². The molecule has 0 radical (unpaired) electrons. The van der Waals surface area contributed by atoms with Crippen molar-refractivity contribution in [3.8, 4) is 23.0 Å². The Morgan fingerprint density at radius 2 is 1.31 bits per heavy atom. The first kappa shape index (κ1) is 32.7. The number of amides is 2. The van der Waals surface area contributed by atoms with Crippen molar-refractivity contribution in [1.29, 1.82) is 0 Å². The van der Waals surface area contributed by atoms with E-state index in [4.69, 9.17) is 18.9 Å². The molecule has 0 aliphatic heterocycles. The van der Waals surface area contributed by atoms with E-state index in [0.717, 1.165) is 4.47 Å². The van der Waals surface area contributed by atoms with Gasteiger partial charge in [0.25, 0.3) is 11.8 Å². The zero-order chi connectivity index (χ0) is 32.2. The Kier molecular flexibility index (Phi) is 11.7. The lowest BCUT2D eigenvalue weighted by Gasteiger charge is -2.13. The fourth-order valence-electron chi connectivity index (χ4n) is 4.07. The molecule has 0 atom stereocenters. The Labute approximate surface area is 269 Å². The fraction of sp³-hybridized carbons (Fsp3) is 0.176. The van der Waals surface area contributed by atoms with Gasteiger partial charge < -0.3 is 24.3 Å². The minimum atomic E-state index is -0.523. The van der Waals surface area contributed by atoms with Gasteiger partial charge >= 0.3 is 5.97 Å². The first-order valence-corrected chi connectivity index (χ1v) is 15.0. The van der Waals surface area contributed by atoms with E-state index < -0.39 is 11.9 Å². The van der Waals surface area contributed by atoms with Crippen molar-refractivity contribution < 1.29 is 33.3 Å². The average molecular weight is 675 g/mol. The monoisotopic (exact) mass is 673 g/mol. The number of rotatable bonds is 13. The summed E-state index contributed by atoms with van der Waals surface area (Å²) in [7, 11) is 0. The Morgan fingerprint density at radius 3 is 2.02 bits per heavy atom. The summed E-state index contributed by atoms with van der Waals surface area (Å²) < 4.78 is 23.2. The van der Waals surface area contributed by atoms with Gasteiger partial charge in [0.1, 0.15) is 0 Å². The van der Waals surface area contributed by atoms with E-state index in [0.29, 0.717) is 59.4 Å². The number of ether oxygens (including phenoxy) is 4. The molecule has 232 valence electrons. The van der Waals surface area contributed by atoms with Crippen LogP contribution in [-0.2, 0) is 0 Å². The highest BCUT2D eigenvalue weighted by Gasteiger charge is 2.15. The molecule has 0 unspecified atom stereocenters. The lowest BCUT2D eigenvalue weighted by molar-refractivity contribution is 0.0728. The van der Waals surface area contributed by atoms with Gasteiger partial charge in [-0.15, -0.1) is 0 Å². The van der Waals surface area contributed by atoms with Crippen LogP contribution in [0.4, 0.5) is 5.69 Å². The van der Waals surface area contributed by atoms with E-state index in [2.05, 4.69) is 31.8 Å². The van der Waals surface area contributed by atoms with Crippen molar-refractivity contribution in [1.82, 2.24) is 5.43 Å². The number of nitrogens with zero attached hydrogens (tertiary/aromatic N) is 1. The van der Waals surface area contributed by atoms with Crippen LogP contribution in [0, 0.1) is 0 Å². The van der Waals surface area contributed by atoms with E-state index in [1.165, 1.54) is 6.21 Å². The number of nitrogens with one attached hydrogen (secondary N) is 2. The number of anilines is 1. The van der Waals surface area contributed by atoms with Crippen LogP contribution in [-0.4, -0.2) is 43.8 Å². The zero-order valence-corrected chi connectivity index (χ0v) is 26.6. The van der Waals surface area contributed by atoms with Crippen molar-refractivity contribution in [2.24, 2.45) is 5.10 Å². The molecule has 0 saturated carbocycles. The highest BCUT2D eigenvalue weighted by atomic mass is 79.9. The normalized spacial score (nSPS) is 10.7. The molecule has 0 aliphatic rings. The molecule has 0 aliphatic carbocycles. The van der Waals surface area contributed by atoms with E-state index >= 15 is 0 Å². The van der Waals surface area contributed by atoms with Crippen molar-refractivity contribution in [3.63, 3.8) is 0 Å². The Bertz CT molecular complexity index is 1690. The van der Waals surface area contributed by atoms with Gasteiger partial charge in [-0.2, -0.15) is 5.10 Å². The van der Waals surface area contributed by atoms with Gasteiger partial charge in [-0.3, -0.25) is 9.59 Å². The van der Waals surface area contributed by atoms with Crippen LogP contribution < -0.4 is 29.7 Å². The molecule has 0 aromatic heterocycles. The first-order chi connectivity index (χ1) is 21.8. The molecule has 0 fully saturated rings. The van der Waals surface area contributed by atoms with Crippen molar-refractivity contribution >= 4 is 45.6 Å². The molecule has 4 aromatic carbocycles. The van der Waals surface area contributed by atoms with Crippen LogP contribution in [0.2, 0.25) is 0 Å². The molecule has 11 heteroatoms. The number of hydrogen-bond donors (Lipinski definition) is 2. The van der Waals surface area contributed by atoms with Crippen LogP contribution in [0.3, 0.4) is 0 Å². The predicted octanol–water partition coefficient (Wildman–Crippen LogP) is 6.88. The largest absolute Gasteiger partial charge is 0.490 e. The number of benzene rings is 4. The number of hydrazone groups is 1. The van der Waals surface area contributed by atoms with Gasteiger partial charge in [-0.1, -0.05) is 22.0 Å². The molecule has 4 rings (SSSR count). The minimum absolute atomic E-state index is 0.254. The smallest absolute Gasteiger partial charge is 0.343 e. The van der Waals surface area contributed by atoms with Crippen molar-refractivity contribution in [2.75, 3.05) is 25.1 Å². The van der Waals surface area contributed by atoms with Crippen LogP contribution in [0.5, 0.6) is 23.0 Å². The molecular weight excluding hydrogens is 642 g/mol. The second-order valence-electron chi connectivity index (χ2n) is 9.30. The van der Waals surface area contributed by atoms with Gasteiger partial charge in [0.15, 0.2) is 23.0 Å². The maximum absolute atomic E-state index is 12.9. The van der Waals surface area contributed by atoms with E-state index in [1.54, 1.807) is 84.9 Å². The second kappa shape index (κ2) is 16.1. The Balaban J connectivity index is 1.39. The lowest BCUT2D eigenvalue weighted by Crippen LogP contribution is -2.18. The topological polar surface area (TPSA) is 125 Å². The van der Waals surface area contributed by atoms with E-state index in [9.17, 15) is 14.4 Å². The fourth-order valence-corrected chi connectivity index (χ4v) is 4.33. The molecular formula is C34H32BrN3O7. The van der Waals surface area contributed by atoms with Gasteiger partial charge in [-0.05, 0) is 105 Å². The lowest BCUT2D eigenvalue weighted by atomic mass is 10.1. The molecule has 0 saturated heterocycles. The summed E-state index contributed by atoms with van der Waals surface area (Å²) in [6.45, 7) is 6.77. The highest BCUT2D eigenvalue weighted by molar-refractivity contribution is 9.10. The van der Waals surface area contributed by atoms with Gasteiger partial charge in [-0.25, -0.2) is 10.2 Å². The van der Waals surface area contributed by atoms with Crippen molar-refractivity contribution in [2.45, 2.75) is 20.8 Å². The summed E-state index contributed by atoms with van der Waals surface area (Å²) in [5, 5.41) is 6.85. The van der Waals surface area contributed by atoms with E-state index in [1.807, 2.05) is 20.8 Å². The highest BCUT2D eigenvalue weighted by Crippen LogP contribution is 2.30. The third kappa shape index (κ3) is 9.16. The Hall–Kier alpha value is -5.16. The number of carbonyl (C=O) groups is 3. The van der Waals surface area contributed by atoms with E-state index in [-0.39, 0.29) is 17.2 Å². The molecule has 0 spiro atoms. The van der Waals surface area contributed by atoms with Crippen LogP contribution in [0.15, 0.2) is 94.5 Å². The Morgan fingerprint density at radius 1 is 0.689 bits per heavy atom. The van der Waals surface area contributed by atoms with Crippen LogP contribution >= 0.6 is 15.9 Å². The summed E-state index contributed by atoms with van der Waals surface area (Å²) >= 11 is 3.34.